The Bertz CT molecular complexity index is 690. The van der Waals surface area contributed by atoms with Crippen LogP contribution in [0.25, 0.3) is 0 Å². The monoisotopic (exact) mass is 341 g/mol. The first-order valence-corrected chi connectivity index (χ1v) is 8.93. The Morgan fingerprint density at radius 2 is 1.52 bits per heavy atom. The fourth-order valence-electron chi connectivity index (χ4n) is 3.24. The average Bonchev–Trinajstić information content (AvgIpc) is 2.54. The minimum absolute atomic E-state index is 0.00700. The van der Waals surface area contributed by atoms with Crippen molar-refractivity contribution in [1.29, 1.82) is 0 Å². The zero-order valence-electron chi connectivity index (χ0n) is 16.5. The minimum atomic E-state index is -0.896. The van der Waals surface area contributed by atoms with Gasteiger partial charge >= 0.3 is 0 Å². The van der Waals surface area contributed by atoms with Crippen LogP contribution in [0.3, 0.4) is 0 Å². The van der Waals surface area contributed by atoms with Crippen molar-refractivity contribution in [3.05, 3.63) is 64.1 Å². The number of hydrogen-bond donors (Lipinski definition) is 1. The molecule has 0 saturated heterocycles. The molecule has 2 unspecified atom stereocenters. The first-order chi connectivity index (χ1) is 11.4. The largest absolute Gasteiger partial charge is 0.386 e. The number of aliphatic hydroxyl groups excluding tert-OH is 1. The van der Waals surface area contributed by atoms with Gasteiger partial charge in [-0.15, -0.1) is 0 Å². The molecule has 3 nitrogen and oxygen atoms in total. The SMILES string of the molecule is CC(C)(C1=CC(C(C)(C)C(C)(C)C)=CC(N=O)C1O)c1ccccc1. The topological polar surface area (TPSA) is 49.7 Å². The van der Waals surface area contributed by atoms with Gasteiger partial charge in [-0.2, -0.15) is 4.91 Å². The summed E-state index contributed by atoms with van der Waals surface area (Å²) in [5, 5.41) is 14.0. The van der Waals surface area contributed by atoms with Crippen LogP contribution >= 0.6 is 0 Å². The quantitative estimate of drug-likeness (QED) is 0.746. The van der Waals surface area contributed by atoms with Crippen molar-refractivity contribution in [3.8, 4) is 0 Å². The molecule has 1 N–H and O–H groups in total. The maximum Gasteiger partial charge on any atom is 0.140 e. The summed E-state index contributed by atoms with van der Waals surface area (Å²) in [6.07, 6.45) is 3.03. The molecule has 0 amide bonds. The lowest BCUT2D eigenvalue weighted by Crippen LogP contribution is -2.40. The van der Waals surface area contributed by atoms with Crippen LogP contribution in [-0.2, 0) is 5.41 Å². The second-order valence-electron chi connectivity index (χ2n) is 9.13. The van der Waals surface area contributed by atoms with Crippen molar-refractivity contribution in [2.24, 2.45) is 16.0 Å². The van der Waals surface area contributed by atoms with Crippen LogP contribution in [0.4, 0.5) is 0 Å². The van der Waals surface area contributed by atoms with Gasteiger partial charge in [0.15, 0.2) is 0 Å². The molecule has 25 heavy (non-hydrogen) atoms. The smallest absolute Gasteiger partial charge is 0.140 e. The molecular weight excluding hydrogens is 310 g/mol. The van der Waals surface area contributed by atoms with Crippen LogP contribution in [0.5, 0.6) is 0 Å². The second kappa shape index (κ2) is 6.53. The molecule has 0 aliphatic heterocycles. The molecule has 0 heterocycles. The van der Waals surface area contributed by atoms with Gasteiger partial charge in [0, 0.05) is 5.41 Å². The maximum atomic E-state index is 11.4. The van der Waals surface area contributed by atoms with Crippen molar-refractivity contribution in [3.63, 3.8) is 0 Å². The minimum Gasteiger partial charge on any atom is -0.386 e. The van der Waals surface area contributed by atoms with E-state index in [-0.39, 0.29) is 10.8 Å². The highest BCUT2D eigenvalue weighted by atomic mass is 16.3. The molecule has 0 bridgehead atoms. The summed E-state index contributed by atoms with van der Waals surface area (Å²) in [5.74, 6) is 0. The molecule has 1 aliphatic rings. The molecule has 2 rings (SSSR count). The first-order valence-electron chi connectivity index (χ1n) is 8.93. The zero-order chi connectivity index (χ0) is 19.0. The highest BCUT2D eigenvalue weighted by Crippen LogP contribution is 2.48. The fourth-order valence-corrected chi connectivity index (χ4v) is 3.24. The van der Waals surface area contributed by atoms with Gasteiger partial charge in [0.2, 0.25) is 0 Å². The Balaban J connectivity index is 2.60. The van der Waals surface area contributed by atoms with Gasteiger partial charge in [0.25, 0.3) is 0 Å². The molecule has 1 aromatic carbocycles. The third-order valence-corrected chi connectivity index (χ3v) is 6.24. The van der Waals surface area contributed by atoms with Gasteiger partial charge in [0.05, 0.1) is 0 Å². The highest BCUT2D eigenvalue weighted by molar-refractivity contribution is 5.46. The summed E-state index contributed by atoms with van der Waals surface area (Å²) in [7, 11) is 0. The van der Waals surface area contributed by atoms with E-state index in [9.17, 15) is 10.0 Å². The number of rotatable bonds is 4. The van der Waals surface area contributed by atoms with E-state index in [4.69, 9.17) is 0 Å². The van der Waals surface area contributed by atoms with Crippen LogP contribution in [0.1, 0.15) is 54.0 Å². The van der Waals surface area contributed by atoms with E-state index in [2.05, 4.69) is 71.9 Å². The lowest BCUT2D eigenvalue weighted by molar-refractivity contribution is 0.160. The molecule has 2 atom stereocenters. The van der Waals surface area contributed by atoms with Gasteiger partial charge < -0.3 is 5.11 Å². The molecular formula is C22H31NO2. The Morgan fingerprint density at radius 3 is 2.00 bits per heavy atom. The van der Waals surface area contributed by atoms with Gasteiger partial charge in [-0.3, -0.25) is 0 Å². The van der Waals surface area contributed by atoms with Crippen LogP contribution in [0, 0.1) is 15.7 Å². The van der Waals surface area contributed by atoms with E-state index in [0.717, 1.165) is 16.7 Å². The summed E-state index contributed by atoms with van der Waals surface area (Å²) in [6.45, 7) is 15.1. The van der Waals surface area contributed by atoms with E-state index in [1.807, 2.05) is 24.3 Å². The van der Waals surface area contributed by atoms with E-state index >= 15 is 0 Å². The summed E-state index contributed by atoms with van der Waals surface area (Å²) < 4.78 is 0. The van der Waals surface area contributed by atoms with E-state index in [1.165, 1.54) is 0 Å². The van der Waals surface area contributed by atoms with Crippen molar-refractivity contribution in [1.82, 2.24) is 0 Å². The fraction of sp³-hybridized carbons (Fsp3) is 0.545. The first kappa shape index (κ1) is 19.6. The number of allylic oxidation sites excluding steroid dienone is 2. The van der Waals surface area contributed by atoms with Gasteiger partial charge in [-0.1, -0.05) is 90.1 Å². The maximum absolute atomic E-state index is 11.4. The van der Waals surface area contributed by atoms with Crippen LogP contribution in [-0.4, -0.2) is 17.3 Å². The van der Waals surface area contributed by atoms with Crippen molar-refractivity contribution >= 4 is 0 Å². The second-order valence-corrected chi connectivity index (χ2v) is 9.13. The zero-order valence-corrected chi connectivity index (χ0v) is 16.5. The third kappa shape index (κ3) is 3.48. The van der Waals surface area contributed by atoms with Crippen molar-refractivity contribution < 1.29 is 5.11 Å². The van der Waals surface area contributed by atoms with Crippen molar-refractivity contribution in [2.45, 2.75) is 66.0 Å². The van der Waals surface area contributed by atoms with Crippen LogP contribution in [0.15, 0.2) is 58.8 Å². The third-order valence-electron chi connectivity index (χ3n) is 6.24. The molecule has 1 aliphatic carbocycles. The van der Waals surface area contributed by atoms with Gasteiger partial charge in [-0.25, -0.2) is 0 Å². The van der Waals surface area contributed by atoms with E-state index in [1.54, 1.807) is 0 Å². The lowest BCUT2D eigenvalue weighted by Gasteiger charge is -2.44. The summed E-state index contributed by atoms with van der Waals surface area (Å²) in [6, 6.07) is 9.35. The normalized spacial score (nSPS) is 22.2. The van der Waals surface area contributed by atoms with Gasteiger partial charge in [0.1, 0.15) is 12.1 Å². The molecule has 0 fully saturated rings. The summed E-state index contributed by atoms with van der Waals surface area (Å²) in [5.41, 5.74) is 2.48. The van der Waals surface area contributed by atoms with Crippen molar-refractivity contribution in [2.75, 3.05) is 0 Å². The van der Waals surface area contributed by atoms with Crippen LogP contribution in [0.2, 0.25) is 0 Å². The molecule has 0 spiro atoms. The van der Waals surface area contributed by atoms with Crippen LogP contribution < -0.4 is 0 Å². The molecule has 1 aromatic rings. The number of hydrogen-bond acceptors (Lipinski definition) is 3. The molecule has 0 radical (unpaired) electrons. The Labute approximate surface area is 151 Å². The summed E-state index contributed by atoms with van der Waals surface area (Å²) >= 11 is 0. The summed E-state index contributed by atoms with van der Waals surface area (Å²) in [4.78, 5) is 11.4. The number of nitroso groups, excluding NO2 is 1. The molecule has 0 saturated carbocycles. The number of aliphatic hydroxyl groups is 1. The average molecular weight is 341 g/mol. The Morgan fingerprint density at radius 1 is 0.960 bits per heavy atom. The Kier molecular flexibility index (Phi) is 5.11. The lowest BCUT2D eigenvalue weighted by atomic mass is 9.61. The van der Waals surface area contributed by atoms with E-state index < -0.39 is 17.6 Å². The Hall–Kier alpha value is -1.74. The predicted octanol–water partition coefficient (Wildman–Crippen LogP) is 5.40. The number of benzene rings is 1. The highest BCUT2D eigenvalue weighted by Gasteiger charge is 2.42. The van der Waals surface area contributed by atoms with E-state index in [0.29, 0.717) is 0 Å². The standard InChI is InChI=1S/C22H31NO2/c1-20(2,3)22(6,7)16-13-17(19(24)18(14-16)23-25)21(4,5)15-11-9-8-10-12-15/h8-14,18-19,24H,1-7H3. The molecule has 0 aromatic heterocycles. The number of nitrogens with zero attached hydrogens (tertiary/aromatic N) is 1. The van der Waals surface area contributed by atoms with Gasteiger partial charge in [-0.05, 0) is 33.6 Å². The molecule has 136 valence electrons. The predicted molar refractivity (Wildman–Crippen MR) is 104 cm³/mol. The molecule has 3 heteroatoms.